The van der Waals surface area contributed by atoms with Crippen molar-refractivity contribution < 1.29 is 33.5 Å². The second-order valence-electron chi connectivity index (χ2n) is 15.4. The molecule has 5 N–H and O–H groups in total. The Bertz CT molecular complexity index is 1370. The first-order chi connectivity index (χ1) is 21.9. The van der Waals surface area contributed by atoms with Gasteiger partial charge in [0.15, 0.2) is 0 Å². The maximum Gasteiger partial charge on any atom is 0.329 e. The number of fused-ring (bicyclic) bond motifs is 1. The van der Waals surface area contributed by atoms with E-state index in [2.05, 4.69) is 16.0 Å². The lowest BCUT2D eigenvalue weighted by molar-refractivity contribution is -0.148. The average Bonchev–Trinajstić information content (AvgIpc) is 3.28. The Morgan fingerprint density at radius 1 is 1.00 bits per heavy atom. The third-order valence-corrected chi connectivity index (χ3v) is 10.2. The maximum absolute atomic E-state index is 14.3. The number of nitrogens with zero attached hydrogens (tertiary/aromatic N) is 1. The van der Waals surface area contributed by atoms with Gasteiger partial charge in [0, 0.05) is 6.54 Å². The molecule has 5 amide bonds. The Labute approximate surface area is 277 Å². The van der Waals surface area contributed by atoms with Gasteiger partial charge >= 0.3 is 12.0 Å². The molecule has 3 fully saturated rings. The van der Waals surface area contributed by atoms with Crippen LogP contribution in [0.15, 0.2) is 30.3 Å². The zero-order chi connectivity index (χ0) is 34.8. The number of Topliss-reactive ketones (excluding diaryl/α,β-unsaturated/α-hetero) is 1. The average molecular weight is 654 g/mol. The van der Waals surface area contributed by atoms with Gasteiger partial charge in [-0.3, -0.25) is 19.2 Å². The van der Waals surface area contributed by atoms with Crippen molar-refractivity contribution in [3.8, 4) is 0 Å². The SMILES string of the molecule is CC(C)C(NC(=O)N[C@H](C(=O)N1C[C@H]2[C@@H]([C@H]1C(=O)NC(CC1CCC1)C(=O)C(N)=O)C2(C)C)C(C)(C)C)C(=O)OCc1ccccc1. The molecule has 6 atom stereocenters. The number of esters is 1. The minimum absolute atomic E-state index is 0.0540. The van der Waals surface area contributed by atoms with Gasteiger partial charge in [0.05, 0.1) is 6.04 Å². The van der Waals surface area contributed by atoms with E-state index in [1.807, 2.05) is 44.2 Å². The van der Waals surface area contributed by atoms with E-state index in [4.69, 9.17) is 10.5 Å². The monoisotopic (exact) mass is 653 g/mol. The highest BCUT2D eigenvalue weighted by atomic mass is 16.5. The summed E-state index contributed by atoms with van der Waals surface area (Å²) in [5.74, 6) is -3.69. The van der Waals surface area contributed by atoms with Crippen LogP contribution in [0.4, 0.5) is 4.79 Å². The fraction of sp³-hybridized carbons (Fsp3) is 0.657. The summed E-state index contributed by atoms with van der Waals surface area (Å²) < 4.78 is 5.47. The molecule has 3 aliphatic rings. The van der Waals surface area contributed by atoms with E-state index < -0.39 is 65.1 Å². The number of nitrogens with one attached hydrogen (secondary N) is 3. The van der Waals surface area contributed by atoms with Crippen LogP contribution >= 0.6 is 0 Å². The van der Waals surface area contributed by atoms with Crippen molar-refractivity contribution in [1.29, 1.82) is 0 Å². The number of hydrogen-bond donors (Lipinski definition) is 4. The Morgan fingerprint density at radius 3 is 2.17 bits per heavy atom. The molecule has 1 saturated heterocycles. The van der Waals surface area contributed by atoms with Crippen LogP contribution in [0.3, 0.4) is 0 Å². The first kappa shape index (κ1) is 35.9. The number of benzene rings is 1. The zero-order valence-electron chi connectivity index (χ0n) is 28.6. The predicted molar refractivity (Wildman–Crippen MR) is 174 cm³/mol. The van der Waals surface area contributed by atoms with E-state index in [1.165, 1.54) is 4.90 Å². The van der Waals surface area contributed by atoms with E-state index in [0.717, 1.165) is 24.8 Å². The first-order valence-corrected chi connectivity index (χ1v) is 16.7. The van der Waals surface area contributed by atoms with Crippen LogP contribution in [-0.4, -0.2) is 71.1 Å². The molecule has 4 rings (SSSR count). The van der Waals surface area contributed by atoms with Crippen LogP contribution in [0, 0.1) is 34.5 Å². The van der Waals surface area contributed by atoms with Gasteiger partial charge in [0.2, 0.25) is 17.6 Å². The highest BCUT2D eigenvalue weighted by Gasteiger charge is 2.70. The molecular formula is C35H51N5O7. The Hall–Kier alpha value is -3.96. The number of piperidine rings is 1. The van der Waals surface area contributed by atoms with Crippen LogP contribution in [0.5, 0.6) is 0 Å². The fourth-order valence-corrected chi connectivity index (χ4v) is 6.98. The van der Waals surface area contributed by atoms with Crippen molar-refractivity contribution in [1.82, 2.24) is 20.9 Å². The van der Waals surface area contributed by atoms with E-state index in [1.54, 1.807) is 34.6 Å². The quantitative estimate of drug-likeness (QED) is 0.187. The molecule has 0 aromatic heterocycles. The molecule has 0 bridgehead atoms. The van der Waals surface area contributed by atoms with Gasteiger partial charge in [-0.25, -0.2) is 9.59 Å². The second-order valence-corrected chi connectivity index (χ2v) is 15.4. The van der Waals surface area contributed by atoms with Gasteiger partial charge in [-0.1, -0.05) is 98.1 Å². The number of hydrogen-bond acceptors (Lipinski definition) is 7. The van der Waals surface area contributed by atoms with Crippen LogP contribution in [0.1, 0.15) is 79.7 Å². The third-order valence-electron chi connectivity index (χ3n) is 10.2. The van der Waals surface area contributed by atoms with E-state index in [-0.39, 0.29) is 35.7 Å². The number of urea groups is 1. The van der Waals surface area contributed by atoms with Crippen molar-refractivity contribution in [3.63, 3.8) is 0 Å². The summed E-state index contributed by atoms with van der Waals surface area (Å²) >= 11 is 0. The van der Waals surface area contributed by atoms with Crippen molar-refractivity contribution in [2.75, 3.05) is 6.54 Å². The number of ketones is 1. The number of primary amides is 1. The summed E-state index contributed by atoms with van der Waals surface area (Å²) in [5.41, 5.74) is 5.16. The molecule has 2 unspecified atom stereocenters. The zero-order valence-corrected chi connectivity index (χ0v) is 28.6. The van der Waals surface area contributed by atoms with Gasteiger partial charge < -0.3 is 31.3 Å². The van der Waals surface area contributed by atoms with Gasteiger partial charge in [-0.2, -0.15) is 0 Å². The number of carbonyl (C=O) groups is 6. The predicted octanol–water partition coefficient (Wildman–Crippen LogP) is 2.68. The molecule has 258 valence electrons. The summed E-state index contributed by atoms with van der Waals surface area (Å²) in [7, 11) is 0. The number of carbonyl (C=O) groups excluding carboxylic acids is 6. The van der Waals surface area contributed by atoms with E-state index >= 15 is 0 Å². The molecular weight excluding hydrogens is 602 g/mol. The number of nitrogens with two attached hydrogens (primary N) is 1. The largest absolute Gasteiger partial charge is 0.459 e. The smallest absolute Gasteiger partial charge is 0.329 e. The molecule has 1 aromatic rings. The van der Waals surface area contributed by atoms with Gasteiger partial charge in [-0.15, -0.1) is 0 Å². The molecule has 2 aliphatic carbocycles. The van der Waals surface area contributed by atoms with Gasteiger partial charge in [-0.05, 0) is 46.5 Å². The topological polar surface area (TPSA) is 177 Å². The minimum Gasteiger partial charge on any atom is -0.459 e. The highest BCUT2D eigenvalue weighted by Crippen LogP contribution is 2.65. The first-order valence-electron chi connectivity index (χ1n) is 16.7. The van der Waals surface area contributed by atoms with Crippen LogP contribution in [-0.2, 0) is 35.3 Å². The summed E-state index contributed by atoms with van der Waals surface area (Å²) in [5, 5.41) is 8.24. The van der Waals surface area contributed by atoms with Crippen LogP contribution in [0.25, 0.3) is 0 Å². The molecule has 1 aromatic carbocycles. The number of amides is 5. The molecule has 0 radical (unpaired) electrons. The molecule has 47 heavy (non-hydrogen) atoms. The standard InChI is InChI=1S/C35H51N5O7/c1-19(2)25(32(45)47-18-21-12-9-8-10-13-21)38-33(46)39-28(34(3,4)5)31(44)40-17-22-24(35(22,6)7)26(40)30(43)37-23(27(41)29(36)42)16-20-14-11-15-20/h8-10,12-13,19-20,22-26,28H,11,14-18H2,1-7H3,(H2,36,42)(H,37,43)(H2,38,39,46)/t22-,23?,24-,25?,26-,28+/m0/s1. The molecule has 12 nitrogen and oxygen atoms in total. The fourth-order valence-electron chi connectivity index (χ4n) is 6.98. The Morgan fingerprint density at radius 2 is 1.64 bits per heavy atom. The van der Waals surface area contributed by atoms with Crippen molar-refractivity contribution in [2.24, 2.45) is 40.2 Å². The van der Waals surface area contributed by atoms with Crippen molar-refractivity contribution in [3.05, 3.63) is 35.9 Å². The molecule has 1 heterocycles. The van der Waals surface area contributed by atoms with Gasteiger partial charge in [0.1, 0.15) is 24.7 Å². The lowest BCUT2D eigenvalue weighted by Gasteiger charge is -2.38. The molecule has 12 heteroatoms. The Balaban J connectivity index is 1.48. The lowest BCUT2D eigenvalue weighted by atomic mass is 9.80. The number of ether oxygens (including phenoxy) is 1. The molecule has 2 saturated carbocycles. The summed E-state index contributed by atoms with van der Waals surface area (Å²) in [4.78, 5) is 80.5. The normalized spacial score (nSPS) is 23.4. The molecule has 0 spiro atoms. The second kappa shape index (κ2) is 14.0. The third kappa shape index (κ3) is 8.13. The minimum atomic E-state index is -1.11. The van der Waals surface area contributed by atoms with Crippen LogP contribution < -0.4 is 21.7 Å². The number of likely N-dealkylation sites (tertiary alicyclic amines) is 1. The van der Waals surface area contributed by atoms with Crippen LogP contribution in [0.2, 0.25) is 0 Å². The summed E-state index contributed by atoms with van der Waals surface area (Å²) in [6.45, 7) is 13.4. The maximum atomic E-state index is 14.3. The van der Waals surface area contributed by atoms with Gasteiger partial charge in [0.25, 0.3) is 5.91 Å². The Kier molecular flexibility index (Phi) is 10.7. The van der Waals surface area contributed by atoms with E-state index in [9.17, 15) is 28.8 Å². The molecule has 1 aliphatic heterocycles. The lowest BCUT2D eigenvalue weighted by Crippen LogP contribution is -2.62. The summed E-state index contributed by atoms with van der Waals surface area (Å²) in [6, 6.07) is 4.52. The number of rotatable bonds is 13. The summed E-state index contributed by atoms with van der Waals surface area (Å²) in [6.07, 6.45) is 3.17. The van der Waals surface area contributed by atoms with E-state index in [0.29, 0.717) is 13.0 Å². The van der Waals surface area contributed by atoms with Crippen molar-refractivity contribution >= 4 is 35.5 Å². The highest BCUT2D eigenvalue weighted by molar-refractivity contribution is 6.37. The van der Waals surface area contributed by atoms with Crippen molar-refractivity contribution in [2.45, 2.75) is 105 Å².